The van der Waals surface area contributed by atoms with Crippen molar-refractivity contribution in [3.63, 3.8) is 0 Å². The molecule has 0 aromatic heterocycles. The van der Waals surface area contributed by atoms with E-state index in [1.807, 2.05) is 6.07 Å². The van der Waals surface area contributed by atoms with Crippen molar-refractivity contribution >= 4 is 23.7 Å². The Kier molecular flexibility index (Phi) is 9.50. The van der Waals surface area contributed by atoms with Crippen molar-refractivity contribution in [2.75, 3.05) is 34.5 Å². The number of hydrogen-bond donors (Lipinski definition) is 1. The van der Waals surface area contributed by atoms with Crippen LogP contribution in [0.25, 0.3) is 12.2 Å². The quantitative estimate of drug-likeness (QED) is 0.403. The molecule has 7 heteroatoms. The molecule has 2 aromatic rings. The van der Waals surface area contributed by atoms with Gasteiger partial charge in [0.25, 0.3) is 0 Å². The molecule has 0 spiro atoms. The zero-order valence-corrected chi connectivity index (χ0v) is 18.9. The van der Waals surface area contributed by atoms with E-state index < -0.39 is 5.92 Å². The highest BCUT2D eigenvalue weighted by Crippen LogP contribution is 2.29. The number of methoxy groups -OCH3 is 3. The number of hydrogen-bond acceptors (Lipinski definition) is 6. The average molecular weight is 441 g/mol. The van der Waals surface area contributed by atoms with Gasteiger partial charge in [-0.1, -0.05) is 24.3 Å². The maximum absolute atomic E-state index is 12.5. The first-order valence-electron chi connectivity index (χ1n) is 10.2. The van der Waals surface area contributed by atoms with E-state index in [1.54, 1.807) is 70.7 Å². The summed E-state index contributed by atoms with van der Waals surface area (Å²) < 4.78 is 21.4. The first-order chi connectivity index (χ1) is 15.4. The summed E-state index contributed by atoms with van der Waals surface area (Å²) in [5, 5.41) is 0. The zero-order chi connectivity index (χ0) is 23.5. The van der Waals surface area contributed by atoms with Gasteiger partial charge in [-0.05, 0) is 54.5 Å². The van der Waals surface area contributed by atoms with Crippen molar-refractivity contribution in [3.05, 3.63) is 59.7 Å². The molecular formula is C25H30NO6+. The van der Waals surface area contributed by atoms with Gasteiger partial charge in [0.2, 0.25) is 0 Å². The number of benzene rings is 2. The molecule has 0 saturated heterocycles. The van der Waals surface area contributed by atoms with Crippen molar-refractivity contribution in [2.24, 2.45) is 5.92 Å². The Morgan fingerprint density at radius 1 is 0.812 bits per heavy atom. The van der Waals surface area contributed by atoms with Crippen molar-refractivity contribution in [3.8, 4) is 23.0 Å². The van der Waals surface area contributed by atoms with Crippen LogP contribution >= 0.6 is 0 Å². The lowest BCUT2D eigenvalue weighted by atomic mass is 9.99. The second-order valence-corrected chi connectivity index (χ2v) is 6.92. The van der Waals surface area contributed by atoms with E-state index in [0.29, 0.717) is 36.1 Å². The van der Waals surface area contributed by atoms with Crippen LogP contribution in [0.1, 0.15) is 18.1 Å². The minimum atomic E-state index is -0.802. The van der Waals surface area contributed by atoms with Crippen molar-refractivity contribution in [2.45, 2.75) is 6.92 Å². The van der Waals surface area contributed by atoms with Gasteiger partial charge in [-0.25, -0.2) is 0 Å². The molecule has 0 bridgehead atoms. The van der Waals surface area contributed by atoms with Crippen LogP contribution in [0.5, 0.6) is 23.0 Å². The lowest BCUT2D eigenvalue weighted by Gasteiger charge is -2.10. The average Bonchev–Trinajstić information content (AvgIpc) is 2.83. The van der Waals surface area contributed by atoms with Crippen molar-refractivity contribution in [1.29, 1.82) is 0 Å². The summed E-state index contributed by atoms with van der Waals surface area (Å²) in [4.78, 5) is 24.9. The highest BCUT2D eigenvalue weighted by atomic mass is 16.5. The van der Waals surface area contributed by atoms with Crippen LogP contribution in [0.15, 0.2) is 48.6 Å². The fraction of sp³-hybridized carbons (Fsp3) is 0.280. The summed E-state index contributed by atoms with van der Waals surface area (Å²) in [7, 11) is 4.65. The number of carbonyl (C=O) groups excluding carboxylic acids is 2. The Labute approximate surface area is 188 Å². The van der Waals surface area contributed by atoms with Gasteiger partial charge in [-0.3, -0.25) is 9.59 Å². The highest BCUT2D eigenvalue weighted by molar-refractivity contribution is 6.13. The van der Waals surface area contributed by atoms with E-state index in [1.165, 1.54) is 12.2 Å². The van der Waals surface area contributed by atoms with Gasteiger partial charge in [0, 0.05) is 0 Å². The molecule has 0 heterocycles. The summed E-state index contributed by atoms with van der Waals surface area (Å²) >= 11 is 0. The van der Waals surface area contributed by atoms with Crippen LogP contribution < -0.4 is 24.7 Å². The first kappa shape index (κ1) is 24.7. The molecule has 0 aliphatic carbocycles. The summed E-state index contributed by atoms with van der Waals surface area (Å²) in [5.41, 5.74) is 5.27. The minimum Gasteiger partial charge on any atom is -0.493 e. The topological polar surface area (TPSA) is 98.7 Å². The molecule has 0 radical (unpaired) electrons. The van der Waals surface area contributed by atoms with E-state index in [9.17, 15) is 9.59 Å². The predicted octanol–water partition coefficient (Wildman–Crippen LogP) is 2.83. The third-order valence-corrected chi connectivity index (χ3v) is 4.73. The summed E-state index contributed by atoms with van der Waals surface area (Å²) in [6, 6.07) is 10.7. The number of allylic oxidation sites excluding steroid dienone is 2. The highest BCUT2D eigenvalue weighted by Gasteiger charge is 2.17. The largest absolute Gasteiger partial charge is 0.493 e. The van der Waals surface area contributed by atoms with E-state index in [4.69, 9.17) is 18.9 Å². The number of ketones is 2. The molecule has 2 aromatic carbocycles. The molecule has 2 rings (SSSR count). The van der Waals surface area contributed by atoms with Crippen LogP contribution in [0.2, 0.25) is 0 Å². The van der Waals surface area contributed by atoms with Gasteiger partial charge in [0.05, 0.1) is 27.2 Å². The molecule has 3 N–H and O–H groups in total. The molecule has 0 fully saturated rings. The monoisotopic (exact) mass is 440 g/mol. The van der Waals surface area contributed by atoms with E-state index in [-0.39, 0.29) is 11.6 Å². The molecule has 0 saturated carbocycles. The van der Waals surface area contributed by atoms with Crippen LogP contribution in [0.4, 0.5) is 0 Å². The molecule has 1 unspecified atom stereocenters. The third kappa shape index (κ3) is 6.72. The fourth-order valence-electron chi connectivity index (χ4n) is 2.83. The van der Waals surface area contributed by atoms with Gasteiger partial charge < -0.3 is 24.7 Å². The van der Waals surface area contributed by atoms with E-state index in [2.05, 4.69) is 5.73 Å². The van der Waals surface area contributed by atoms with Crippen molar-refractivity contribution < 1.29 is 34.3 Å². The van der Waals surface area contributed by atoms with Crippen LogP contribution in [-0.4, -0.2) is 46.0 Å². The summed E-state index contributed by atoms with van der Waals surface area (Å²) in [6.45, 7) is 2.72. The molecule has 1 atom stereocenters. The molecule has 0 amide bonds. The number of quaternary nitrogens is 1. The smallest absolute Gasteiger partial charge is 0.166 e. The van der Waals surface area contributed by atoms with Crippen LogP contribution in [0.3, 0.4) is 0 Å². The molecule has 0 aliphatic rings. The van der Waals surface area contributed by atoms with Gasteiger partial charge in [-0.15, -0.1) is 0 Å². The number of ether oxygens (including phenoxy) is 4. The standard InChI is InChI=1S/C25H29NO6/c1-17(20(27)9-5-18-7-11-22(29-2)24(15-18)30-3)21(28)10-6-19-8-12-23(32-14-13-26)25(16-19)31-4/h5-12,15-17H,13-14,26H2,1-4H3/p+1/b9-5+,10-6+. The maximum atomic E-state index is 12.5. The number of rotatable bonds is 12. The molecule has 7 nitrogen and oxygen atoms in total. The first-order valence-corrected chi connectivity index (χ1v) is 10.2. The normalized spacial score (nSPS) is 12.0. The SMILES string of the molecule is COc1ccc(/C=C/C(=O)C(C)C(=O)/C=C/c2ccc(OCC[NH3+])c(OC)c2)cc1OC. The Hall–Kier alpha value is -3.58. The second kappa shape index (κ2) is 12.3. The molecule has 0 aliphatic heterocycles. The molecule has 32 heavy (non-hydrogen) atoms. The van der Waals surface area contributed by atoms with Crippen LogP contribution in [0, 0.1) is 5.92 Å². The second-order valence-electron chi connectivity index (χ2n) is 6.92. The Balaban J connectivity index is 2.04. The minimum absolute atomic E-state index is 0.288. The predicted molar refractivity (Wildman–Crippen MR) is 123 cm³/mol. The lowest BCUT2D eigenvalue weighted by molar-refractivity contribution is -0.370. The Morgan fingerprint density at radius 2 is 1.28 bits per heavy atom. The summed E-state index contributed by atoms with van der Waals surface area (Å²) in [5.74, 6) is 0.963. The maximum Gasteiger partial charge on any atom is 0.166 e. The number of carbonyl (C=O) groups is 2. The van der Waals surface area contributed by atoms with Gasteiger partial charge in [0.1, 0.15) is 13.2 Å². The molecule has 170 valence electrons. The Bertz CT molecular complexity index is 996. The summed E-state index contributed by atoms with van der Waals surface area (Å²) in [6.07, 6.45) is 6.10. The fourth-order valence-corrected chi connectivity index (χ4v) is 2.83. The van der Waals surface area contributed by atoms with E-state index >= 15 is 0 Å². The van der Waals surface area contributed by atoms with Gasteiger partial charge in [0.15, 0.2) is 34.6 Å². The Morgan fingerprint density at radius 3 is 1.75 bits per heavy atom. The zero-order valence-electron chi connectivity index (χ0n) is 18.9. The van der Waals surface area contributed by atoms with E-state index in [0.717, 1.165) is 11.1 Å². The third-order valence-electron chi connectivity index (χ3n) is 4.73. The van der Waals surface area contributed by atoms with Crippen molar-refractivity contribution in [1.82, 2.24) is 0 Å². The van der Waals surface area contributed by atoms with Gasteiger partial charge >= 0.3 is 0 Å². The van der Waals surface area contributed by atoms with Gasteiger partial charge in [-0.2, -0.15) is 0 Å². The van der Waals surface area contributed by atoms with Crippen LogP contribution in [-0.2, 0) is 9.59 Å². The lowest BCUT2D eigenvalue weighted by Crippen LogP contribution is -2.52. The molecular weight excluding hydrogens is 410 g/mol.